The van der Waals surface area contributed by atoms with E-state index in [-0.39, 0.29) is 0 Å². The summed E-state index contributed by atoms with van der Waals surface area (Å²) in [5.74, 6) is 0. The van der Waals surface area contributed by atoms with E-state index in [9.17, 15) is 0 Å². The summed E-state index contributed by atoms with van der Waals surface area (Å²) in [4.78, 5) is 9.71. The zero-order valence-corrected chi connectivity index (χ0v) is 10.6. The molecule has 0 unspecified atom stereocenters. The number of hydrogen-bond acceptors (Lipinski definition) is 3. The predicted molar refractivity (Wildman–Crippen MR) is 72.8 cm³/mol. The molecular weight excluding hydrogens is 244 g/mol. The van der Waals surface area contributed by atoms with Crippen LogP contribution in [0, 0.1) is 0 Å². The molecule has 0 radical (unpaired) electrons. The first-order chi connectivity index (χ1) is 8.83. The summed E-state index contributed by atoms with van der Waals surface area (Å²) < 4.78 is 4.13. The van der Waals surface area contributed by atoms with E-state index in [2.05, 4.69) is 37.9 Å². The highest BCUT2D eigenvalue weighted by Crippen LogP contribution is 2.27. The Bertz CT molecular complexity index is 852. The standard InChI is InChI=1S/C13H10N4S/c1-16-8-15-10-6-9(2-3-11(10)16)12-7-18-13-14-4-5-17(12)13/h2-8H,1H3. The lowest BCUT2D eigenvalue weighted by Gasteiger charge is -2.00. The van der Waals surface area contributed by atoms with E-state index < -0.39 is 0 Å². The SMILES string of the molecule is Cn1cnc2cc(-c3csc4nccn34)ccc21. The second-order valence-electron chi connectivity index (χ2n) is 4.26. The highest BCUT2D eigenvalue weighted by atomic mass is 32.1. The van der Waals surface area contributed by atoms with Crippen LogP contribution in [-0.4, -0.2) is 18.9 Å². The van der Waals surface area contributed by atoms with Crippen molar-refractivity contribution >= 4 is 27.3 Å². The van der Waals surface area contributed by atoms with Gasteiger partial charge in [0.2, 0.25) is 0 Å². The maximum Gasteiger partial charge on any atom is 0.194 e. The lowest BCUT2D eigenvalue weighted by molar-refractivity contribution is 0.948. The first kappa shape index (κ1) is 9.85. The van der Waals surface area contributed by atoms with Crippen LogP contribution in [-0.2, 0) is 7.05 Å². The van der Waals surface area contributed by atoms with Crippen molar-refractivity contribution in [2.45, 2.75) is 0 Å². The van der Waals surface area contributed by atoms with Crippen LogP contribution in [0.25, 0.3) is 27.3 Å². The number of rotatable bonds is 1. The molecule has 5 heteroatoms. The molecule has 0 atom stereocenters. The number of nitrogens with zero attached hydrogens (tertiary/aromatic N) is 4. The van der Waals surface area contributed by atoms with Crippen LogP contribution in [0.4, 0.5) is 0 Å². The van der Waals surface area contributed by atoms with E-state index in [1.54, 1.807) is 11.3 Å². The fourth-order valence-corrected chi connectivity index (χ4v) is 3.09. The molecule has 4 aromatic rings. The minimum absolute atomic E-state index is 1.02. The third kappa shape index (κ3) is 1.25. The zero-order chi connectivity index (χ0) is 12.1. The van der Waals surface area contributed by atoms with Crippen LogP contribution in [0.5, 0.6) is 0 Å². The minimum Gasteiger partial charge on any atom is -0.334 e. The topological polar surface area (TPSA) is 35.1 Å². The second-order valence-corrected chi connectivity index (χ2v) is 5.10. The predicted octanol–water partition coefficient (Wildman–Crippen LogP) is 2.95. The summed E-state index contributed by atoms with van der Waals surface area (Å²) in [7, 11) is 2.01. The molecule has 3 aromatic heterocycles. The smallest absolute Gasteiger partial charge is 0.194 e. The normalized spacial score (nSPS) is 11.6. The number of aryl methyl sites for hydroxylation is 1. The van der Waals surface area contributed by atoms with Crippen molar-refractivity contribution in [3.05, 3.63) is 42.3 Å². The van der Waals surface area contributed by atoms with Crippen LogP contribution in [0.3, 0.4) is 0 Å². The number of thiazole rings is 1. The van der Waals surface area contributed by atoms with Gasteiger partial charge in [-0.2, -0.15) is 0 Å². The van der Waals surface area contributed by atoms with Crippen LogP contribution in [0.1, 0.15) is 0 Å². The molecule has 0 N–H and O–H groups in total. The van der Waals surface area contributed by atoms with Gasteiger partial charge in [-0.15, -0.1) is 11.3 Å². The number of aromatic nitrogens is 4. The Labute approximate surface area is 107 Å². The van der Waals surface area contributed by atoms with Gasteiger partial charge in [0.05, 0.1) is 23.1 Å². The third-order valence-corrected chi connectivity index (χ3v) is 4.02. The summed E-state index contributed by atoms with van der Waals surface area (Å²) >= 11 is 1.65. The number of benzene rings is 1. The van der Waals surface area contributed by atoms with Gasteiger partial charge in [0.15, 0.2) is 4.96 Å². The zero-order valence-electron chi connectivity index (χ0n) is 9.74. The molecule has 0 aliphatic heterocycles. The summed E-state index contributed by atoms with van der Waals surface area (Å²) in [6.07, 6.45) is 5.66. The van der Waals surface area contributed by atoms with E-state index in [0.29, 0.717) is 0 Å². The quantitative estimate of drug-likeness (QED) is 0.523. The molecule has 0 spiro atoms. The molecule has 0 saturated heterocycles. The molecule has 4 rings (SSSR count). The van der Waals surface area contributed by atoms with Gasteiger partial charge in [-0.1, -0.05) is 6.07 Å². The van der Waals surface area contributed by atoms with Gasteiger partial charge in [-0.25, -0.2) is 9.97 Å². The van der Waals surface area contributed by atoms with E-state index in [1.165, 1.54) is 11.3 Å². The van der Waals surface area contributed by atoms with Gasteiger partial charge in [0.1, 0.15) is 0 Å². The van der Waals surface area contributed by atoms with Gasteiger partial charge >= 0.3 is 0 Å². The van der Waals surface area contributed by atoms with Gasteiger partial charge in [0.25, 0.3) is 0 Å². The summed E-state index contributed by atoms with van der Waals surface area (Å²) in [5.41, 5.74) is 4.51. The summed E-state index contributed by atoms with van der Waals surface area (Å²) in [5, 5.41) is 2.13. The Morgan fingerprint density at radius 2 is 2.17 bits per heavy atom. The Balaban J connectivity index is 1.99. The third-order valence-electron chi connectivity index (χ3n) is 3.16. The van der Waals surface area contributed by atoms with Crippen molar-refractivity contribution in [2.75, 3.05) is 0 Å². The van der Waals surface area contributed by atoms with Gasteiger partial charge in [-0.05, 0) is 12.1 Å². The maximum atomic E-state index is 4.40. The molecular formula is C13H10N4S. The minimum atomic E-state index is 1.02. The number of imidazole rings is 2. The molecule has 0 bridgehead atoms. The Hall–Kier alpha value is -2.14. The average molecular weight is 254 g/mol. The Morgan fingerprint density at radius 3 is 3.11 bits per heavy atom. The molecule has 18 heavy (non-hydrogen) atoms. The lowest BCUT2D eigenvalue weighted by Crippen LogP contribution is -1.86. The molecule has 0 saturated carbocycles. The fraction of sp³-hybridized carbons (Fsp3) is 0.0769. The van der Waals surface area contributed by atoms with Crippen molar-refractivity contribution in [1.29, 1.82) is 0 Å². The molecule has 0 fully saturated rings. The first-order valence-electron chi connectivity index (χ1n) is 5.65. The molecule has 88 valence electrons. The summed E-state index contributed by atoms with van der Waals surface area (Å²) in [6.45, 7) is 0. The van der Waals surface area contributed by atoms with Crippen molar-refractivity contribution in [3.8, 4) is 11.3 Å². The van der Waals surface area contributed by atoms with E-state index in [4.69, 9.17) is 0 Å². The second kappa shape index (κ2) is 3.43. The van der Waals surface area contributed by atoms with Crippen molar-refractivity contribution in [2.24, 2.45) is 7.05 Å². The highest BCUT2D eigenvalue weighted by molar-refractivity contribution is 7.15. The van der Waals surface area contributed by atoms with Crippen molar-refractivity contribution in [3.63, 3.8) is 0 Å². The molecule has 0 amide bonds. The van der Waals surface area contributed by atoms with Crippen molar-refractivity contribution < 1.29 is 0 Å². The molecule has 1 aromatic carbocycles. The van der Waals surface area contributed by atoms with E-state index in [0.717, 1.165) is 16.0 Å². The lowest BCUT2D eigenvalue weighted by atomic mass is 10.1. The summed E-state index contributed by atoms with van der Waals surface area (Å²) in [6, 6.07) is 6.36. The molecule has 0 aliphatic rings. The molecule has 3 heterocycles. The maximum absolute atomic E-state index is 4.40. The average Bonchev–Trinajstić information content (AvgIpc) is 3.04. The van der Waals surface area contributed by atoms with Crippen LogP contribution >= 0.6 is 11.3 Å². The van der Waals surface area contributed by atoms with Gasteiger partial charge in [0, 0.05) is 30.4 Å². The van der Waals surface area contributed by atoms with Crippen LogP contribution in [0.15, 0.2) is 42.3 Å². The largest absolute Gasteiger partial charge is 0.334 e. The van der Waals surface area contributed by atoms with Gasteiger partial charge in [-0.3, -0.25) is 4.40 Å². The number of fused-ring (bicyclic) bond motifs is 2. The Morgan fingerprint density at radius 1 is 1.22 bits per heavy atom. The Kier molecular flexibility index (Phi) is 1.87. The van der Waals surface area contributed by atoms with Gasteiger partial charge < -0.3 is 4.57 Å². The monoisotopic (exact) mass is 254 g/mol. The number of hydrogen-bond donors (Lipinski definition) is 0. The first-order valence-corrected chi connectivity index (χ1v) is 6.53. The fourth-order valence-electron chi connectivity index (χ4n) is 2.23. The molecule has 4 nitrogen and oxygen atoms in total. The molecule has 0 aliphatic carbocycles. The van der Waals surface area contributed by atoms with E-state index >= 15 is 0 Å². The van der Waals surface area contributed by atoms with Crippen molar-refractivity contribution in [1.82, 2.24) is 18.9 Å². The van der Waals surface area contributed by atoms with Crippen LogP contribution < -0.4 is 0 Å². The van der Waals surface area contributed by atoms with Crippen LogP contribution in [0.2, 0.25) is 0 Å². The highest BCUT2D eigenvalue weighted by Gasteiger charge is 2.08. The van der Waals surface area contributed by atoms with E-state index in [1.807, 2.05) is 30.3 Å².